The fraction of sp³-hybridized carbons (Fsp3) is 0.367. The van der Waals surface area contributed by atoms with Gasteiger partial charge in [-0.15, -0.1) is 0 Å². The van der Waals surface area contributed by atoms with E-state index in [2.05, 4.69) is 4.98 Å². The number of aliphatic hydroxyl groups excluding tert-OH is 1. The Hall–Kier alpha value is -3.80. The number of nitrogens with zero attached hydrogens (tertiary/aromatic N) is 4. The third-order valence-electron chi connectivity index (χ3n) is 7.26. The highest BCUT2D eigenvalue weighted by molar-refractivity contribution is 7.89. The SMILES string of the molecule is C[C@@H]1CN([C@@H](C)CO)C(=O)c2cc(-c3cccc(C(=O)N(C)C)c3)cnc2O[C@H]1CN(C)S(=O)(=O)c1ccccc1. The summed E-state index contributed by atoms with van der Waals surface area (Å²) >= 11 is 0. The number of aromatic nitrogens is 1. The molecular formula is C30H36N4O6S. The van der Waals surface area contributed by atoms with E-state index in [-0.39, 0.29) is 53.8 Å². The molecule has 3 atom stereocenters. The summed E-state index contributed by atoms with van der Waals surface area (Å²) in [6, 6.07) is 16.4. The highest BCUT2D eigenvalue weighted by atomic mass is 32.2. The van der Waals surface area contributed by atoms with Gasteiger partial charge in [-0.2, -0.15) is 4.31 Å². The Balaban J connectivity index is 1.73. The molecule has 1 aliphatic rings. The molecule has 41 heavy (non-hydrogen) atoms. The normalized spacial score (nSPS) is 18.2. The van der Waals surface area contributed by atoms with Gasteiger partial charge in [-0.25, -0.2) is 13.4 Å². The van der Waals surface area contributed by atoms with Crippen LogP contribution in [0.3, 0.4) is 0 Å². The predicted octanol–water partition coefficient (Wildman–Crippen LogP) is 2.99. The first-order chi connectivity index (χ1) is 19.4. The summed E-state index contributed by atoms with van der Waals surface area (Å²) in [7, 11) is 1.06. The third kappa shape index (κ3) is 6.42. The van der Waals surface area contributed by atoms with Crippen molar-refractivity contribution in [1.29, 1.82) is 0 Å². The molecule has 2 heterocycles. The standard InChI is InChI=1S/C30H36N4O6S/c1-20-17-34(21(2)19-35)30(37)26-15-24(22-10-9-11-23(14-22)29(36)32(3)4)16-31-28(26)40-27(20)18-33(5)41(38,39)25-12-7-6-8-13-25/h6-16,20-21,27,35H,17-19H2,1-5H3/t20-,21+,27+/m1/s1. The zero-order valence-corrected chi connectivity index (χ0v) is 24.7. The number of likely N-dealkylation sites (N-methyl/N-ethyl adjacent to an activating group) is 1. The zero-order chi connectivity index (χ0) is 29.9. The van der Waals surface area contributed by atoms with Gasteiger partial charge in [0, 0.05) is 50.9 Å². The molecule has 0 saturated carbocycles. The fourth-order valence-electron chi connectivity index (χ4n) is 4.69. The molecule has 1 aliphatic heterocycles. The van der Waals surface area contributed by atoms with Crippen LogP contribution in [-0.4, -0.2) is 97.4 Å². The number of pyridine rings is 1. The van der Waals surface area contributed by atoms with Crippen molar-refractivity contribution >= 4 is 21.8 Å². The average molecular weight is 581 g/mol. The summed E-state index contributed by atoms with van der Waals surface area (Å²) in [6.07, 6.45) is 0.928. The maximum Gasteiger partial charge on any atom is 0.259 e. The van der Waals surface area contributed by atoms with Crippen molar-refractivity contribution in [2.45, 2.75) is 30.9 Å². The Labute approximate surface area is 241 Å². The van der Waals surface area contributed by atoms with Gasteiger partial charge in [0.25, 0.3) is 11.8 Å². The second-order valence-electron chi connectivity index (χ2n) is 10.6. The molecule has 218 valence electrons. The first-order valence-corrected chi connectivity index (χ1v) is 14.8. The maximum absolute atomic E-state index is 13.8. The van der Waals surface area contributed by atoms with Gasteiger partial charge in [-0.3, -0.25) is 9.59 Å². The van der Waals surface area contributed by atoms with E-state index in [1.807, 2.05) is 13.0 Å². The van der Waals surface area contributed by atoms with Crippen LogP contribution in [0.4, 0.5) is 0 Å². The minimum atomic E-state index is -3.78. The number of sulfonamides is 1. The summed E-state index contributed by atoms with van der Waals surface area (Å²) in [6.45, 7) is 3.64. The summed E-state index contributed by atoms with van der Waals surface area (Å²) in [5.41, 5.74) is 1.99. The van der Waals surface area contributed by atoms with Crippen LogP contribution in [0.15, 0.2) is 71.8 Å². The number of carbonyl (C=O) groups excluding carboxylic acids is 2. The van der Waals surface area contributed by atoms with Gasteiger partial charge >= 0.3 is 0 Å². The van der Waals surface area contributed by atoms with E-state index in [1.54, 1.807) is 74.6 Å². The summed E-state index contributed by atoms with van der Waals surface area (Å²) in [5, 5.41) is 9.94. The van der Waals surface area contributed by atoms with Crippen molar-refractivity contribution < 1.29 is 27.9 Å². The molecule has 11 heteroatoms. The van der Waals surface area contributed by atoms with Gasteiger partial charge < -0.3 is 19.6 Å². The highest BCUT2D eigenvalue weighted by Gasteiger charge is 2.36. The van der Waals surface area contributed by atoms with Crippen LogP contribution in [0.25, 0.3) is 11.1 Å². The van der Waals surface area contributed by atoms with Crippen molar-refractivity contribution in [3.63, 3.8) is 0 Å². The lowest BCUT2D eigenvalue weighted by molar-refractivity contribution is 0.0373. The Morgan fingerprint density at radius 1 is 1.10 bits per heavy atom. The number of aliphatic hydroxyl groups is 1. The predicted molar refractivity (Wildman–Crippen MR) is 155 cm³/mol. The molecule has 2 aromatic carbocycles. The highest BCUT2D eigenvalue weighted by Crippen LogP contribution is 2.31. The van der Waals surface area contributed by atoms with Crippen molar-refractivity contribution in [3.8, 4) is 17.0 Å². The summed E-state index contributed by atoms with van der Waals surface area (Å²) in [4.78, 5) is 34.0. The first-order valence-electron chi connectivity index (χ1n) is 13.4. The van der Waals surface area contributed by atoms with Crippen LogP contribution < -0.4 is 4.74 Å². The number of fused-ring (bicyclic) bond motifs is 1. The minimum absolute atomic E-state index is 0.0193. The number of hydrogen-bond acceptors (Lipinski definition) is 7. The second-order valence-corrected chi connectivity index (χ2v) is 12.6. The maximum atomic E-state index is 13.8. The topological polar surface area (TPSA) is 120 Å². The van der Waals surface area contributed by atoms with Crippen molar-refractivity contribution in [1.82, 2.24) is 19.1 Å². The van der Waals surface area contributed by atoms with Crippen molar-refractivity contribution in [2.75, 3.05) is 40.8 Å². The van der Waals surface area contributed by atoms with Crippen LogP contribution in [-0.2, 0) is 10.0 Å². The number of carbonyl (C=O) groups is 2. The first kappa shape index (κ1) is 30.2. The zero-order valence-electron chi connectivity index (χ0n) is 23.9. The van der Waals surface area contributed by atoms with E-state index in [4.69, 9.17) is 4.74 Å². The van der Waals surface area contributed by atoms with E-state index in [0.717, 1.165) is 0 Å². The van der Waals surface area contributed by atoms with E-state index in [0.29, 0.717) is 16.7 Å². The number of benzene rings is 2. The third-order valence-corrected chi connectivity index (χ3v) is 9.10. The largest absolute Gasteiger partial charge is 0.472 e. The van der Waals surface area contributed by atoms with Gasteiger partial charge in [0.1, 0.15) is 11.7 Å². The molecule has 0 bridgehead atoms. The Morgan fingerprint density at radius 2 is 1.80 bits per heavy atom. The quantitative estimate of drug-likeness (QED) is 0.435. The van der Waals surface area contributed by atoms with E-state index in [1.165, 1.54) is 28.4 Å². The molecule has 4 rings (SSSR count). The molecule has 0 spiro atoms. The minimum Gasteiger partial charge on any atom is -0.472 e. The summed E-state index contributed by atoms with van der Waals surface area (Å²) in [5.74, 6) is -0.715. The average Bonchev–Trinajstić information content (AvgIpc) is 2.98. The van der Waals surface area contributed by atoms with Crippen LogP contribution in [0.5, 0.6) is 5.88 Å². The van der Waals surface area contributed by atoms with Crippen LogP contribution in [0.1, 0.15) is 34.6 Å². The Kier molecular flexibility index (Phi) is 9.11. The van der Waals surface area contributed by atoms with Crippen molar-refractivity contribution in [3.05, 3.63) is 78.0 Å². The molecule has 1 N–H and O–H groups in total. The number of ether oxygens (including phenoxy) is 1. The molecule has 0 unspecified atom stereocenters. The number of amides is 2. The number of rotatable bonds is 8. The van der Waals surface area contributed by atoms with Crippen molar-refractivity contribution in [2.24, 2.45) is 5.92 Å². The molecule has 0 saturated heterocycles. The van der Waals surface area contributed by atoms with Gasteiger partial charge in [0.05, 0.1) is 24.1 Å². The van der Waals surface area contributed by atoms with Crippen LogP contribution >= 0.6 is 0 Å². The Morgan fingerprint density at radius 3 is 2.46 bits per heavy atom. The van der Waals surface area contributed by atoms with Gasteiger partial charge in [-0.1, -0.05) is 37.3 Å². The molecule has 0 fully saturated rings. The molecule has 10 nitrogen and oxygen atoms in total. The van der Waals surface area contributed by atoms with Gasteiger partial charge in [-0.05, 0) is 42.8 Å². The lowest BCUT2D eigenvalue weighted by Crippen LogP contribution is -2.50. The van der Waals surface area contributed by atoms with E-state index in [9.17, 15) is 23.1 Å². The summed E-state index contributed by atoms with van der Waals surface area (Å²) < 4.78 is 34.0. The second kappa shape index (κ2) is 12.4. The molecular weight excluding hydrogens is 544 g/mol. The van der Waals surface area contributed by atoms with E-state index >= 15 is 0 Å². The van der Waals surface area contributed by atoms with Crippen LogP contribution in [0, 0.1) is 5.92 Å². The number of hydrogen-bond donors (Lipinski definition) is 1. The van der Waals surface area contributed by atoms with E-state index < -0.39 is 22.2 Å². The molecule has 0 aliphatic carbocycles. The Bertz CT molecular complexity index is 1510. The lowest BCUT2D eigenvalue weighted by Gasteiger charge is -2.37. The van der Waals surface area contributed by atoms with Gasteiger partial charge in [0.15, 0.2) is 0 Å². The fourth-order valence-corrected chi connectivity index (χ4v) is 5.90. The molecule has 2 amide bonds. The monoisotopic (exact) mass is 580 g/mol. The molecule has 1 aromatic heterocycles. The molecule has 3 aromatic rings. The van der Waals surface area contributed by atoms with Crippen LogP contribution in [0.2, 0.25) is 0 Å². The van der Waals surface area contributed by atoms with Gasteiger partial charge in [0.2, 0.25) is 15.9 Å². The lowest BCUT2D eigenvalue weighted by atomic mass is 9.99. The molecule has 0 radical (unpaired) electrons. The smallest absolute Gasteiger partial charge is 0.259 e.